The van der Waals surface area contributed by atoms with Crippen LogP contribution >= 0.6 is 0 Å². The molecule has 0 radical (unpaired) electrons. The summed E-state index contributed by atoms with van der Waals surface area (Å²) in [7, 11) is 1.62. The van der Waals surface area contributed by atoms with E-state index in [4.69, 9.17) is 4.74 Å². The highest BCUT2D eigenvalue weighted by atomic mass is 16.5. The van der Waals surface area contributed by atoms with Gasteiger partial charge in [-0.3, -0.25) is 4.79 Å². The van der Waals surface area contributed by atoms with Gasteiger partial charge in [0.1, 0.15) is 0 Å². The summed E-state index contributed by atoms with van der Waals surface area (Å²) in [6, 6.07) is 0. The number of nitrogens with one attached hydrogen (secondary N) is 2. The normalized spacial score (nSPS) is 10.6. The first kappa shape index (κ1) is 13.4. The molecule has 4 nitrogen and oxygen atoms in total. The van der Waals surface area contributed by atoms with Crippen molar-refractivity contribution >= 4 is 5.91 Å². The van der Waals surface area contributed by atoms with E-state index in [9.17, 15) is 4.79 Å². The van der Waals surface area contributed by atoms with Gasteiger partial charge >= 0.3 is 0 Å². The standard InChI is InChI=1S/C10H22N2O2/c1-9(2)8-11-5-4-10(13)12-6-7-14-3/h9,11H,4-8H2,1-3H3,(H,12,13). The molecule has 0 unspecified atom stereocenters. The number of ether oxygens (including phenoxy) is 1. The van der Waals surface area contributed by atoms with Crippen molar-refractivity contribution in [2.24, 2.45) is 5.92 Å². The lowest BCUT2D eigenvalue weighted by Crippen LogP contribution is -2.31. The Kier molecular flexibility index (Phi) is 8.57. The fraction of sp³-hybridized carbons (Fsp3) is 0.900. The number of carbonyl (C=O) groups is 1. The highest BCUT2D eigenvalue weighted by Crippen LogP contribution is 1.87. The van der Waals surface area contributed by atoms with Crippen molar-refractivity contribution in [3.8, 4) is 0 Å². The second-order valence-electron chi connectivity index (χ2n) is 3.69. The lowest BCUT2D eigenvalue weighted by Gasteiger charge is -2.07. The van der Waals surface area contributed by atoms with Crippen molar-refractivity contribution in [3.05, 3.63) is 0 Å². The Morgan fingerprint density at radius 3 is 2.64 bits per heavy atom. The van der Waals surface area contributed by atoms with Crippen molar-refractivity contribution in [1.82, 2.24) is 10.6 Å². The largest absolute Gasteiger partial charge is 0.383 e. The van der Waals surface area contributed by atoms with E-state index >= 15 is 0 Å². The van der Waals surface area contributed by atoms with E-state index < -0.39 is 0 Å². The van der Waals surface area contributed by atoms with Crippen LogP contribution in [0.15, 0.2) is 0 Å². The second-order valence-corrected chi connectivity index (χ2v) is 3.69. The third-order valence-corrected chi connectivity index (χ3v) is 1.71. The van der Waals surface area contributed by atoms with Gasteiger partial charge in [-0.15, -0.1) is 0 Å². The molecule has 0 saturated carbocycles. The molecule has 0 spiro atoms. The summed E-state index contributed by atoms with van der Waals surface area (Å²) in [6.07, 6.45) is 0.538. The van der Waals surface area contributed by atoms with Crippen molar-refractivity contribution in [2.45, 2.75) is 20.3 Å². The first-order chi connectivity index (χ1) is 6.66. The van der Waals surface area contributed by atoms with Crippen molar-refractivity contribution in [1.29, 1.82) is 0 Å². The maximum Gasteiger partial charge on any atom is 0.221 e. The summed E-state index contributed by atoms with van der Waals surface area (Å²) in [6.45, 7) is 7.17. The van der Waals surface area contributed by atoms with Crippen LogP contribution in [-0.2, 0) is 9.53 Å². The molecule has 0 aliphatic carbocycles. The first-order valence-corrected chi connectivity index (χ1v) is 5.13. The lowest BCUT2D eigenvalue weighted by molar-refractivity contribution is -0.121. The Bertz CT molecular complexity index is 149. The summed E-state index contributed by atoms with van der Waals surface area (Å²) in [5.41, 5.74) is 0. The van der Waals surface area contributed by atoms with Gasteiger partial charge in [0.25, 0.3) is 0 Å². The molecule has 0 atom stereocenters. The van der Waals surface area contributed by atoms with Crippen molar-refractivity contribution in [3.63, 3.8) is 0 Å². The number of hydrogen-bond acceptors (Lipinski definition) is 3. The molecule has 84 valence electrons. The molecule has 0 rings (SSSR count). The SMILES string of the molecule is COCCNC(=O)CCNCC(C)C. The molecule has 0 aliphatic heterocycles. The Balaban J connectivity index is 3.18. The van der Waals surface area contributed by atoms with Crippen molar-refractivity contribution < 1.29 is 9.53 Å². The minimum Gasteiger partial charge on any atom is -0.383 e. The molecule has 2 N–H and O–H groups in total. The van der Waals surface area contributed by atoms with E-state index in [-0.39, 0.29) is 5.91 Å². The summed E-state index contributed by atoms with van der Waals surface area (Å²) in [4.78, 5) is 11.2. The molecule has 0 saturated heterocycles. The van der Waals surface area contributed by atoms with E-state index in [1.54, 1.807) is 7.11 Å². The number of hydrogen-bond donors (Lipinski definition) is 2. The highest BCUT2D eigenvalue weighted by Gasteiger charge is 1.99. The molecule has 14 heavy (non-hydrogen) atoms. The van der Waals surface area contributed by atoms with Crippen LogP contribution in [0.2, 0.25) is 0 Å². The molecular formula is C10H22N2O2. The van der Waals surface area contributed by atoms with Gasteiger partial charge in [-0.2, -0.15) is 0 Å². The molecule has 0 fully saturated rings. The molecular weight excluding hydrogens is 180 g/mol. The molecule has 0 bridgehead atoms. The number of carbonyl (C=O) groups excluding carboxylic acids is 1. The molecule has 0 aromatic rings. The van der Waals surface area contributed by atoms with Crippen LogP contribution in [0.3, 0.4) is 0 Å². The zero-order valence-electron chi connectivity index (χ0n) is 9.43. The predicted octanol–water partition coefficient (Wildman–Crippen LogP) is 0.385. The quantitative estimate of drug-likeness (QED) is 0.560. The van der Waals surface area contributed by atoms with Crippen LogP contribution in [0.4, 0.5) is 0 Å². The van der Waals surface area contributed by atoms with Gasteiger partial charge in [-0.25, -0.2) is 0 Å². The lowest BCUT2D eigenvalue weighted by atomic mass is 10.2. The monoisotopic (exact) mass is 202 g/mol. The molecule has 0 aliphatic rings. The van der Waals surface area contributed by atoms with Gasteiger partial charge in [0, 0.05) is 26.6 Å². The average molecular weight is 202 g/mol. The summed E-state index contributed by atoms with van der Waals surface area (Å²) >= 11 is 0. The van der Waals surface area contributed by atoms with Crippen LogP contribution in [-0.4, -0.2) is 39.3 Å². The van der Waals surface area contributed by atoms with Crippen molar-refractivity contribution in [2.75, 3.05) is 33.4 Å². The fourth-order valence-electron chi connectivity index (χ4n) is 0.974. The maximum atomic E-state index is 11.2. The van der Waals surface area contributed by atoms with Crippen LogP contribution in [0.1, 0.15) is 20.3 Å². The van der Waals surface area contributed by atoms with Crippen LogP contribution in [0.5, 0.6) is 0 Å². The topological polar surface area (TPSA) is 50.4 Å². The summed E-state index contributed by atoms with van der Waals surface area (Å²) in [5.74, 6) is 0.713. The minimum absolute atomic E-state index is 0.0818. The molecule has 0 aromatic heterocycles. The summed E-state index contributed by atoms with van der Waals surface area (Å²) < 4.78 is 4.82. The fourth-order valence-corrected chi connectivity index (χ4v) is 0.974. The number of rotatable bonds is 8. The zero-order valence-corrected chi connectivity index (χ0v) is 9.43. The molecule has 1 amide bonds. The maximum absolute atomic E-state index is 11.2. The summed E-state index contributed by atoms with van der Waals surface area (Å²) in [5, 5.41) is 5.98. The van der Waals surface area contributed by atoms with Gasteiger partial charge in [-0.1, -0.05) is 13.8 Å². The van der Waals surface area contributed by atoms with Crippen LogP contribution in [0.25, 0.3) is 0 Å². The average Bonchev–Trinajstić information content (AvgIpc) is 2.13. The van der Waals surface area contributed by atoms with E-state index in [0.29, 0.717) is 25.5 Å². The van der Waals surface area contributed by atoms with Gasteiger partial charge < -0.3 is 15.4 Å². The minimum atomic E-state index is 0.0818. The third kappa shape index (κ3) is 9.48. The van der Waals surface area contributed by atoms with E-state index in [1.165, 1.54) is 0 Å². The molecule has 0 heterocycles. The Morgan fingerprint density at radius 2 is 2.07 bits per heavy atom. The number of methoxy groups -OCH3 is 1. The predicted molar refractivity (Wildman–Crippen MR) is 57.2 cm³/mol. The third-order valence-electron chi connectivity index (χ3n) is 1.71. The first-order valence-electron chi connectivity index (χ1n) is 5.13. The van der Waals surface area contributed by atoms with E-state index in [2.05, 4.69) is 24.5 Å². The van der Waals surface area contributed by atoms with Crippen LogP contribution < -0.4 is 10.6 Å². The van der Waals surface area contributed by atoms with E-state index in [1.807, 2.05) is 0 Å². The van der Waals surface area contributed by atoms with Crippen LogP contribution in [0, 0.1) is 5.92 Å². The molecule has 4 heteroatoms. The Labute approximate surface area is 86.4 Å². The van der Waals surface area contributed by atoms with Gasteiger partial charge in [-0.05, 0) is 12.5 Å². The van der Waals surface area contributed by atoms with Gasteiger partial charge in [0.2, 0.25) is 5.91 Å². The van der Waals surface area contributed by atoms with E-state index in [0.717, 1.165) is 13.1 Å². The second kappa shape index (κ2) is 8.97. The smallest absolute Gasteiger partial charge is 0.221 e. The Hall–Kier alpha value is -0.610. The Morgan fingerprint density at radius 1 is 1.36 bits per heavy atom. The number of amides is 1. The van der Waals surface area contributed by atoms with Gasteiger partial charge in [0.05, 0.1) is 6.61 Å². The highest BCUT2D eigenvalue weighted by molar-refractivity contribution is 5.75. The van der Waals surface area contributed by atoms with Gasteiger partial charge in [0.15, 0.2) is 0 Å². The zero-order chi connectivity index (χ0) is 10.8. The molecule has 0 aromatic carbocycles.